The van der Waals surface area contributed by atoms with Crippen molar-refractivity contribution in [3.63, 3.8) is 0 Å². The summed E-state index contributed by atoms with van der Waals surface area (Å²) >= 11 is 0. The van der Waals surface area contributed by atoms with Gasteiger partial charge in [0.15, 0.2) is 5.71 Å². The summed E-state index contributed by atoms with van der Waals surface area (Å²) in [4.78, 5) is 11.3. The lowest BCUT2D eigenvalue weighted by atomic mass is 9.85. The molecule has 0 atom stereocenters. The zero-order valence-corrected chi connectivity index (χ0v) is 9.24. The summed E-state index contributed by atoms with van der Waals surface area (Å²) in [6, 6.07) is 0. The molecule has 0 bridgehead atoms. The molecule has 0 saturated heterocycles. The lowest BCUT2D eigenvalue weighted by Gasteiger charge is -2.20. The second kappa shape index (κ2) is 6.43. The van der Waals surface area contributed by atoms with Crippen molar-refractivity contribution in [1.82, 2.24) is 0 Å². The molecule has 1 rings (SSSR count). The summed E-state index contributed by atoms with van der Waals surface area (Å²) in [7, 11) is 0. The fourth-order valence-electron chi connectivity index (χ4n) is 2.04. The summed E-state index contributed by atoms with van der Waals surface area (Å²) in [6.45, 7) is 2.07. The van der Waals surface area contributed by atoms with Crippen LogP contribution in [-0.2, 0) is 9.53 Å². The van der Waals surface area contributed by atoms with Crippen LogP contribution in [0.15, 0.2) is 5.16 Å². The Morgan fingerprint density at radius 2 is 2.07 bits per heavy atom. The van der Waals surface area contributed by atoms with Crippen LogP contribution in [0.5, 0.6) is 0 Å². The molecular formula is C11H19NO3. The van der Waals surface area contributed by atoms with Crippen LogP contribution in [-0.4, -0.2) is 23.5 Å². The van der Waals surface area contributed by atoms with E-state index in [0.29, 0.717) is 18.9 Å². The summed E-state index contributed by atoms with van der Waals surface area (Å²) in [5.41, 5.74) is 0.170. The highest BCUT2D eigenvalue weighted by atomic mass is 16.5. The van der Waals surface area contributed by atoms with Gasteiger partial charge >= 0.3 is 5.97 Å². The highest BCUT2D eigenvalue weighted by Crippen LogP contribution is 2.26. The van der Waals surface area contributed by atoms with Gasteiger partial charge in [-0.05, 0) is 12.8 Å². The van der Waals surface area contributed by atoms with Crippen LogP contribution in [0.1, 0.15) is 45.4 Å². The number of carbonyl (C=O) groups is 1. The fourth-order valence-corrected chi connectivity index (χ4v) is 2.04. The number of esters is 1. The van der Waals surface area contributed by atoms with E-state index < -0.39 is 5.97 Å². The van der Waals surface area contributed by atoms with Crippen LogP contribution >= 0.6 is 0 Å². The Hall–Kier alpha value is -1.06. The molecule has 15 heavy (non-hydrogen) atoms. The van der Waals surface area contributed by atoms with E-state index in [-0.39, 0.29) is 5.71 Å². The standard InChI is InChI=1S/C11H19NO3/c1-2-15-11(13)10(12-14)8-9-6-4-3-5-7-9/h9,14H,2-8H2,1H3/b12-10-. The second-order valence-electron chi connectivity index (χ2n) is 3.98. The van der Waals surface area contributed by atoms with Crippen molar-refractivity contribution in [1.29, 1.82) is 0 Å². The number of hydrogen-bond donors (Lipinski definition) is 1. The van der Waals surface area contributed by atoms with Gasteiger partial charge in [0.25, 0.3) is 0 Å². The Morgan fingerprint density at radius 3 is 2.60 bits per heavy atom. The van der Waals surface area contributed by atoms with Gasteiger partial charge in [-0.2, -0.15) is 0 Å². The van der Waals surface area contributed by atoms with Crippen LogP contribution < -0.4 is 0 Å². The zero-order chi connectivity index (χ0) is 11.1. The van der Waals surface area contributed by atoms with Gasteiger partial charge < -0.3 is 9.94 Å². The average molecular weight is 213 g/mol. The van der Waals surface area contributed by atoms with Gasteiger partial charge in [-0.15, -0.1) is 0 Å². The predicted octanol–water partition coefficient (Wildman–Crippen LogP) is 2.35. The van der Waals surface area contributed by atoms with Crippen molar-refractivity contribution in [3.8, 4) is 0 Å². The number of ether oxygens (including phenoxy) is 1. The highest BCUT2D eigenvalue weighted by Gasteiger charge is 2.21. The summed E-state index contributed by atoms with van der Waals surface area (Å²) < 4.78 is 4.81. The third-order valence-electron chi connectivity index (χ3n) is 2.84. The molecule has 1 N–H and O–H groups in total. The molecule has 1 saturated carbocycles. The number of oxime groups is 1. The van der Waals surface area contributed by atoms with E-state index in [2.05, 4.69) is 5.16 Å². The van der Waals surface area contributed by atoms with Gasteiger partial charge in [0, 0.05) is 6.42 Å². The Morgan fingerprint density at radius 1 is 1.40 bits per heavy atom. The monoisotopic (exact) mass is 213 g/mol. The minimum absolute atomic E-state index is 0.170. The Labute approximate surface area is 90.3 Å². The lowest BCUT2D eigenvalue weighted by molar-refractivity contribution is -0.135. The van der Waals surface area contributed by atoms with Gasteiger partial charge in [0.2, 0.25) is 0 Å². The summed E-state index contributed by atoms with van der Waals surface area (Å²) in [5.74, 6) is -0.000343. The van der Waals surface area contributed by atoms with E-state index in [4.69, 9.17) is 9.94 Å². The number of hydrogen-bond acceptors (Lipinski definition) is 4. The van der Waals surface area contributed by atoms with Gasteiger partial charge in [-0.3, -0.25) is 0 Å². The van der Waals surface area contributed by atoms with Crippen LogP contribution in [0, 0.1) is 5.92 Å². The van der Waals surface area contributed by atoms with E-state index >= 15 is 0 Å². The van der Waals surface area contributed by atoms with E-state index in [1.807, 2.05) is 0 Å². The molecule has 4 heteroatoms. The van der Waals surface area contributed by atoms with Crippen LogP contribution in [0.4, 0.5) is 0 Å². The molecule has 0 radical (unpaired) electrons. The first kappa shape index (κ1) is 12.0. The fraction of sp³-hybridized carbons (Fsp3) is 0.818. The van der Waals surface area contributed by atoms with E-state index in [9.17, 15) is 4.79 Å². The molecule has 0 unspecified atom stereocenters. The smallest absolute Gasteiger partial charge is 0.356 e. The minimum atomic E-state index is -0.481. The van der Waals surface area contributed by atoms with Crippen molar-refractivity contribution in [3.05, 3.63) is 0 Å². The first-order valence-corrected chi connectivity index (χ1v) is 5.66. The van der Waals surface area contributed by atoms with Crippen molar-refractivity contribution in [2.45, 2.75) is 45.4 Å². The highest BCUT2D eigenvalue weighted by molar-refractivity contribution is 6.36. The number of nitrogens with zero attached hydrogens (tertiary/aromatic N) is 1. The molecule has 0 spiro atoms. The number of carbonyl (C=O) groups excluding carboxylic acids is 1. The Balaban J connectivity index is 2.42. The zero-order valence-electron chi connectivity index (χ0n) is 9.24. The molecule has 0 heterocycles. The molecule has 86 valence electrons. The van der Waals surface area contributed by atoms with E-state index in [0.717, 1.165) is 12.8 Å². The molecule has 4 nitrogen and oxygen atoms in total. The first-order valence-electron chi connectivity index (χ1n) is 5.66. The largest absolute Gasteiger partial charge is 0.461 e. The lowest BCUT2D eigenvalue weighted by Crippen LogP contribution is -2.22. The van der Waals surface area contributed by atoms with Gasteiger partial charge in [-0.1, -0.05) is 37.3 Å². The molecular weight excluding hydrogens is 194 g/mol. The quantitative estimate of drug-likeness (QED) is 0.337. The molecule has 1 aliphatic carbocycles. The third-order valence-corrected chi connectivity index (χ3v) is 2.84. The topological polar surface area (TPSA) is 58.9 Å². The SMILES string of the molecule is CCOC(=O)/C(CC1CCCCC1)=N\O. The average Bonchev–Trinajstić information content (AvgIpc) is 2.27. The molecule has 0 aromatic carbocycles. The molecule has 1 aliphatic rings. The maximum absolute atomic E-state index is 11.3. The van der Waals surface area contributed by atoms with E-state index in [1.165, 1.54) is 19.3 Å². The van der Waals surface area contributed by atoms with Crippen LogP contribution in [0.3, 0.4) is 0 Å². The van der Waals surface area contributed by atoms with E-state index in [1.54, 1.807) is 6.92 Å². The normalized spacial score (nSPS) is 18.9. The third kappa shape index (κ3) is 3.90. The molecule has 0 amide bonds. The van der Waals surface area contributed by atoms with Crippen molar-refractivity contribution < 1.29 is 14.7 Å². The van der Waals surface area contributed by atoms with Gasteiger partial charge in [0.1, 0.15) is 0 Å². The predicted molar refractivity (Wildman–Crippen MR) is 57.0 cm³/mol. The molecule has 0 aromatic rings. The van der Waals surface area contributed by atoms with Crippen molar-refractivity contribution in [2.75, 3.05) is 6.61 Å². The minimum Gasteiger partial charge on any atom is -0.461 e. The van der Waals surface area contributed by atoms with Crippen LogP contribution in [0.2, 0.25) is 0 Å². The summed E-state index contributed by atoms with van der Waals surface area (Å²) in [6.07, 6.45) is 6.51. The van der Waals surface area contributed by atoms with Gasteiger partial charge in [-0.25, -0.2) is 4.79 Å². The first-order chi connectivity index (χ1) is 7.27. The summed E-state index contributed by atoms with van der Waals surface area (Å²) in [5, 5.41) is 11.8. The van der Waals surface area contributed by atoms with Gasteiger partial charge in [0.05, 0.1) is 6.61 Å². The molecule has 0 aromatic heterocycles. The van der Waals surface area contributed by atoms with Crippen molar-refractivity contribution >= 4 is 11.7 Å². The Bertz CT molecular complexity index is 232. The molecule has 0 aliphatic heterocycles. The van der Waals surface area contributed by atoms with Crippen molar-refractivity contribution in [2.24, 2.45) is 11.1 Å². The molecule has 1 fully saturated rings. The second-order valence-corrected chi connectivity index (χ2v) is 3.98. The maximum atomic E-state index is 11.3. The number of rotatable bonds is 4. The Kier molecular flexibility index (Phi) is 5.15. The van der Waals surface area contributed by atoms with Crippen LogP contribution in [0.25, 0.3) is 0 Å². The maximum Gasteiger partial charge on any atom is 0.356 e.